The van der Waals surface area contributed by atoms with Crippen LogP contribution in [-0.4, -0.2) is 56.2 Å². The van der Waals surface area contributed by atoms with Crippen molar-refractivity contribution in [1.29, 1.82) is 5.26 Å². The molecule has 5 heteroatoms. The van der Waals surface area contributed by atoms with Gasteiger partial charge in [0.05, 0.1) is 5.56 Å². The molecule has 0 atom stereocenters. The molecule has 1 aromatic rings. The largest absolute Gasteiger partial charge is 0.357 e. The van der Waals surface area contributed by atoms with Crippen molar-refractivity contribution in [2.75, 3.05) is 51.2 Å². The predicted molar refractivity (Wildman–Crippen MR) is 81.0 cm³/mol. The summed E-state index contributed by atoms with van der Waals surface area (Å²) in [6, 6.07) is 4.25. The fraction of sp³-hybridized carbons (Fsp3) is 0.600. The number of nitrogens with zero attached hydrogens (tertiary/aromatic N) is 4. The fourth-order valence-electron chi connectivity index (χ4n) is 2.56. The maximum absolute atomic E-state index is 9.32. The third-order valence-electron chi connectivity index (χ3n) is 3.76. The first-order valence-corrected chi connectivity index (χ1v) is 7.14. The number of hydrogen-bond donors (Lipinski definition) is 1. The van der Waals surface area contributed by atoms with Gasteiger partial charge in [-0.1, -0.05) is 0 Å². The lowest BCUT2D eigenvalue weighted by molar-refractivity contribution is 0.246. The van der Waals surface area contributed by atoms with E-state index >= 15 is 0 Å². The maximum Gasteiger partial charge on any atom is 0.146 e. The molecule has 0 aliphatic carbocycles. The van der Waals surface area contributed by atoms with Crippen LogP contribution < -0.4 is 10.2 Å². The van der Waals surface area contributed by atoms with Crippen molar-refractivity contribution in [2.45, 2.75) is 13.8 Å². The Morgan fingerprint density at radius 1 is 1.40 bits per heavy atom. The van der Waals surface area contributed by atoms with E-state index in [-0.39, 0.29) is 0 Å². The Labute approximate surface area is 121 Å². The summed E-state index contributed by atoms with van der Waals surface area (Å²) in [5.74, 6) is 0.806. The second-order valence-corrected chi connectivity index (χ2v) is 5.40. The number of likely N-dealkylation sites (N-methyl/N-ethyl adjacent to an activating group) is 1. The Hall–Kier alpha value is -1.64. The monoisotopic (exact) mass is 273 g/mol. The van der Waals surface area contributed by atoms with Gasteiger partial charge in [-0.05, 0) is 25.5 Å². The lowest BCUT2D eigenvalue weighted by Gasteiger charge is -2.29. The van der Waals surface area contributed by atoms with Crippen LogP contribution in [0.1, 0.15) is 16.8 Å². The smallest absolute Gasteiger partial charge is 0.146 e. The van der Waals surface area contributed by atoms with E-state index in [1.807, 2.05) is 27.0 Å². The Kier molecular flexibility index (Phi) is 4.94. The molecule has 0 unspecified atom stereocenters. The summed E-state index contributed by atoms with van der Waals surface area (Å²) in [6.07, 6.45) is 0. The van der Waals surface area contributed by atoms with Crippen LogP contribution >= 0.6 is 0 Å². The predicted octanol–water partition coefficient (Wildman–Crippen LogP) is 0.912. The molecule has 0 bridgehead atoms. The van der Waals surface area contributed by atoms with Crippen LogP contribution in [0.5, 0.6) is 0 Å². The minimum Gasteiger partial charge on any atom is -0.357 e. The molecular weight excluding hydrogens is 250 g/mol. The van der Waals surface area contributed by atoms with Gasteiger partial charge >= 0.3 is 0 Å². The molecule has 0 aromatic carbocycles. The molecule has 1 saturated heterocycles. The van der Waals surface area contributed by atoms with Gasteiger partial charge in [-0.2, -0.15) is 5.26 Å². The molecule has 0 spiro atoms. The highest BCUT2D eigenvalue weighted by Gasteiger charge is 2.15. The number of rotatable bonds is 4. The van der Waals surface area contributed by atoms with Crippen molar-refractivity contribution in [2.24, 2.45) is 0 Å². The number of aryl methyl sites for hydroxylation is 2. The zero-order valence-electron chi connectivity index (χ0n) is 12.6. The molecule has 108 valence electrons. The lowest BCUT2D eigenvalue weighted by Crippen LogP contribution is -2.46. The van der Waals surface area contributed by atoms with Gasteiger partial charge in [-0.15, -0.1) is 0 Å². The van der Waals surface area contributed by atoms with E-state index in [2.05, 4.69) is 26.2 Å². The molecule has 2 rings (SSSR count). The normalized spacial score (nSPS) is 15.9. The molecule has 1 N–H and O–H groups in total. The summed E-state index contributed by atoms with van der Waals surface area (Å²) in [4.78, 5) is 9.08. The van der Waals surface area contributed by atoms with Crippen molar-refractivity contribution in [3.63, 3.8) is 0 Å². The first-order chi connectivity index (χ1) is 9.61. The number of hydrogen-bond acceptors (Lipinski definition) is 5. The molecule has 1 aliphatic rings. The van der Waals surface area contributed by atoms with Crippen LogP contribution in [0.2, 0.25) is 0 Å². The highest BCUT2D eigenvalue weighted by atomic mass is 15.2. The Morgan fingerprint density at radius 2 is 2.10 bits per heavy atom. The molecule has 1 fully saturated rings. The highest BCUT2D eigenvalue weighted by Crippen LogP contribution is 2.20. The van der Waals surface area contributed by atoms with Gasteiger partial charge in [0.15, 0.2) is 0 Å². The van der Waals surface area contributed by atoms with Crippen molar-refractivity contribution >= 4 is 5.82 Å². The van der Waals surface area contributed by atoms with Crippen LogP contribution in [0.4, 0.5) is 5.82 Å². The van der Waals surface area contributed by atoms with Gasteiger partial charge in [0.25, 0.3) is 0 Å². The minimum atomic E-state index is 0.693. The minimum absolute atomic E-state index is 0.693. The first-order valence-electron chi connectivity index (χ1n) is 7.14. The molecule has 20 heavy (non-hydrogen) atoms. The third kappa shape index (κ3) is 3.47. The van der Waals surface area contributed by atoms with E-state index in [9.17, 15) is 5.26 Å². The second kappa shape index (κ2) is 6.69. The molecule has 0 amide bonds. The SMILES string of the molecule is Cc1cc(C)c(C#N)c(N(C)CCN2CCNCC2)n1. The zero-order chi connectivity index (χ0) is 14.5. The van der Waals surface area contributed by atoms with Crippen molar-refractivity contribution in [3.8, 4) is 6.07 Å². The van der Waals surface area contributed by atoms with E-state index in [0.717, 1.165) is 56.3 Å². The van der Waals surface area contributed by atoms with Crippen molar-refractivity contribution in [3.05, 3.63) is 22.9 Å². The fourth-order valence-corrected chi connectivity index (χ4v) is 2.56. The van der Waals surface area contributed by atoms with E-state index in [1.54, 1.807) is 0 Å². The van der Waals surface area contributed by atoms with Crippen LogP contribution in [-0.2, 0) is 0 Å². The Morgan fingerprint density at radius 3 is 2.75 bits per heavy atom. The molecule has 1 aliphatic heterocycles. The highest BCUT2D eigenvalue weighted by molar-refractivity contribution is 5.57. The summed E-state index contributed by atoms with van der Waals surface area (Å²) >= 11 is 0. The van der Waals surface area contributed by atoms with Gasteiger partial charge in [-0.3, -0.25) is 4.90 Å². The molecule has 5 nitrogen and oxygen atoms in total. The Balaban J connectivity index is 2.05. The summed E-state index contributed by atoms with van der Waals surface area (Å²) in [5, 5.41) is 12.7. The van der Waals surface area contributed by atoms with Crippen LogP contribution in [0.3, 0.4) is 0 Å². The van der Waals surface area contributed by atoms with Crippen molar-refractivity contribution in [1.82, 2.24) is 15.2 Å². The summed E-state index contributed by atoms with van der Waals surface area (Å²) in [7, 11) is 2.02. The number of nitrogens with one attached hydrogen (secondary N) is 1. The maximum atomic E-state index is 9.32. The average Bonchev–Trinajstić information content (AvgIpc) is 2.45. The van der Waals surface area contributed by atoms with Gasteiger partial charge in [0, 0.05) is 52.0 Å². The van der Waals surface area contributed by atoms with Gasteiger partial charge < -0.3 is 10.2 Å². The number of piperazine rings is 1. The standard InChI is InChI=1S/C15H23N5/c1-12-10-13(2)18-15(14(12)11-16)19(3)8-9-20-6-4-17-5-7-20/h10,17H,4-9H2,1-3H3. The molecule has 2 heterocycles. The second-order valence-electron chi connectivity index (χ2n) is 5.40. The van der Waals surface area contributed by atoms with Crippen LogP contribution in [0.25, 0.3) is 0 Å². The number of pyridine rings is 1. The number of aromatic nitrogens is 1. The van der Waals surface area contributed by atoms with Crippen LogP contribution in [0.15, 0.2) is 6.07 Å². The average molecular weight is 273 g/mol. The van der Waals surface area contributed by atoms with Gasteiger partial charge in [0.2, 0.25) is 0 Å². The lowest BCUT2D eigenvalue weighted by atomic mass is 10.1. The summed E-state index contributed by atoms with van der Waals surface area (Å²) < 4.78 is 0. The number of anilines is 1. The first kappa shape index (κ1) is 14.8. The molecule has 1 aromatic heterocycles. The van der Waals surface area contributed by atoms with Crippen LogP contribution in [0, 0.1) is 25.2 Å². The summed E-state index contributed by atoms with van der Waals surface area (Å²) in [6.45, 7) is 10.2. The summed E-state index contributed by atoms with van der Waals surface area (Å²) in [5.41, 5.74) is 2.66. The van der Waals surface area contributed by atoms with Crippen molar-refractivity contribution < 1.29 is 0 Å². The van der Waals surface area contributed by atoms with E-state index in [0.29, 0.717) is 5.56 Å². The zero-order valence-corrected chi connectivity index (χ0v) is 12.6. The third-order valence-corrected chi connectivity index (χ3v) is 3.76. The van der Waals surface area contributed by atoms with E-state index in [1.165, 1.54) is 0 Å². The van der Waals surface area contributed by atoms with E-state index in [4.69, 9.17) is 0 Å². The quantitative estimate of drug-likeness (QED) is 0.884. The Bertz CT molecular complexity index is 500. The molecular formula is C15H23N5. The molecule has 0 saturated carbocycles. The van der Waals surface area contributed by atoms with E-state index < -0.39 is 0 Å². The number of nitriles is 1. The molecule has 0 radical (unpaired) electrons. The van der Waals surface area contributed by atoms with Gasteiger partial charge in [-0.25, -0.2) is 4.98 Å². The van der Waals surface area contributed by atoms with Gasteiger partial charge in [0.1, 0.15) is 11.9 Å². The topological polar surface area (TPSA) is 55.2 Å².